The fraction of sp³-hybridized carbons (Fsp3) is 0.750. The van der Waals surface area contributed by atoms with Crippen molar-refractivity contribution < 1.29 is 28.6 Å². The highest BCUT2D eigenvalue weighted by atomic mass is 16.6. The van der Waals surface area contributed by atoms with Gasteiger partial charge in [0.1, 0.15) is 13.2 Å². The van der Waals surface area contributed by atoms with E-state index in [0.717, 1.165) is 109 Å². The number of allylic oxidation sites excluding steroid dienone is 14. The van der Waals surface area contributed by atoms with Crippen LogP contribution in [0.3, 0.4) is 0 Å². The molecule has 1 unspecified atom stereocenters. The Labute approximate surface area is 458 Å². The zero-order valence-electron chi connectivity index (χ0n) is 48.8. The van der Waals surface area contributed by atoms with Gasteiger partial charge < -0.3 is 14.2 Å². The van der Waals surface area contributed by atoms with Gasteiger partial charge in [0.05, 0.1) is 0 Å². The van der Waals surface area contributed by atoms with Gasteiger partial charge in [-0.25, -0.2) is 0 Å². The van der Waals surface area contributed by atoms with E-state index in [2.05, 4.69) is 106 Å². The maximum atomic E-state index is 12.8. The van der Waals surface area contributed by atoms with E-state index in [1.54, 1.807) is 0 Å². The Kier molecular flexibility index (Phi) is 59.3. The van der Waals surface area contributed by atoms with E-state index in [1.807, 2.05) is 0 Å². The van der Waals surface area contributed by atoms with Crippen LogP contribution in [0.4, 0.5) is 0 Å². The van der Waals surface area contributed by atoms with Crippen LogP contribution < -0.4 is 0 Å². The Hall–Kier alpha value is -3.41. The SMILES string of the molecule is CC/C=C\C/C=C\C/C=C\C/C=C\C/C=C\C/C=C\C/C=C\CCCCCCCCCCCC(=O)OCC(COC(=O)CCCCCCCCC)OC(=O)CCCCCCCCCCCCCCCCCCCC. The first-order chi connectivity index (χ1) is 36.5. The van der Waals surface area contributed by atoms with Crippen LogP contribution in [0.15, 0.2) is 85.1 Å². The smallest absolute Gasteiger partial charge is 0.306 e. The van der Waals surface area contributed by atoms with Gasteiger partial charge in [-0.2, -0.15) is 0 Å². The summed E-state index contributed by atoms with van der Waals surface area (Å²) in [6.07, 6.45) is 81.8. The molecule has 0 aromatic heterocycles. The molecule has 1 atom stereocenters. The van der Waals surface area contributed by atoms with Crippen molar-refractivity contribution in [1.82, 2.24) is 0 Å². The van der Waals surface area contributed by atoms with Crippen molar-refractivity contribution in [2.45, 2.75) is 316 Å². The van der Waals surface area contributed by atoms with Gasteiger partial charge >= 0.3 is 17.9 Å². The van der Waals surface area contributed by atoms with Gasteiger partial charge in [-0.05, 0) is 77.0 Å². The molecule has 74 heavy (non-hydrogen) atoms. The van der Waals surface area contributed by atoms with Crippen molar-refractivity contribution in [2.24, 2.45) is 0 Å². The van der Waals surface area contributed by atoms with Crippen molar-refractivity contribution in [1.29, 1.82) is 0 Å². The molecule has 0 fully saturated rings. The first kappa shape index (κ1) is 70.6. The van der Waals surface area contributed by atoms with Gasteiger partial charge in [0.2, 0.25) is 0 Å². The van der Waals surface area contributed by atoms with Crippen molar-refractivity contribution >= 4 is 17.9 Å². The Morgan fingerprint density at radius 2 is 0.527 bits per heavy atom. The Morgan fingerprint density at radius 3 is 0.824 bits per heavy atom. The number of rotatable bonds is 57. The van der Waals surface area contributed by atoms with Gasteiger partial charge in [-0.1, -0.05) is 298 Å². The van der Waals surface area contributed by atoms with Gasteiger partial charge in [0.15, 0.2) is 6.10 Å². The summed E-state index contributed by atoms with van der Waals surface area (Å²) in [5.41, 5.74) is 0. The predicted octanol–water partition coefficient (Wildman–Crippen LogP) is 21.5. The van der Waals surface area contributed by atoms with Crippen molar-refractivity contribution in [2.75, 3.05) is 13.2 Å². The third-order valence-electron chi connectivity index (χ3n) is 13.7. The third kappa shape index (κ3) is 59.5. The first-order valence-corrected chi connectivity index (χ1v) is 31.6. The Balaban J connectivity index is 4.12. The molecule has 0 aliphatic rings. The van der Waals surface area contributed by atoms with Crippen LogP contribution in [-0.4, -0.2) is 37.2 Å². The van der Waals surface area contributed by atoms with E-state index < -0.39 is 6.10 Å². The summed E-state index contributed by atoms with van der Waals surface area (Å²) < 4.78 is 16.8. The summed E-state index contributed by atoms with van der Waals surface area (Å²) in [5.74, 6) is -0.875. The molecule has 6 nitrogen and oxygen atoms in total. The summed E-state index contributed by atoms with van der Waals surface area (Å²) in [6.45, 7) is 6.51. The molecule has 0 aromatic rings. The minimum absolute atomic E-state index is 0.0742. The molecule has 0 aliphatic carbocycles. The van der Waals surface area contributed by atoms with E-state index in [4.69, 9.17) is 14.2 Å². The van der Waals surface area contributed by atoms with Crippen LogP contribution in [-0.2, 0) is 28.6 Å². The molecule has 0 bridgehead atoms. The van der Waals surface area contributed by atoms with Crippen LogP contribution in [0.25, 0.3) is 0 Å². The van der Waals surface area contributed by atoms with Crippen LogP contribution >= 0.6 is 0 Å². The average molecular weight is 1030 g/mol. The van der Waals surface area contributed by atoms with Crippen LogP contribution in [0.1, 0.15) is 310 Å². The summed E-state index contributed by atoms with van der Waals surface area (Å²) in [5, 5.41) is 0. The van der Waals surface area contributed by atoms with Crippen molar-refractivity contribution in [3.8, 4) is 0 Å². The molecule has 0 aromatic carbocycles. The maximum Gasteiger partial charge on any atom is 0.306 e. The molecular weight excluding hydrogens is 913 g/mol. The number of carbonyl (C=O) groups is 3. The number of hydrogen-bond acceptors (Lipinski definition) is 6. The quantitative estimate of drug-likeness (QED) is 0.0261. The second-order valence-corrected chi connectivity index (χ2v) is 21.0. The van der Waals surface area contributed by atoms with Crippen LogP contribution in [0, 0.1) is 0 Å². The molecular formula is C68H118O6. The van der Waals surface area contributed by atoms with Crippen LogP contribution in [0.2, 0.25) is 0 Å². The molecule has 0 saturated heterocycles. The average Bonchev–Trinajstić information content (AvgIpc) is 3.40. The minimum Gasteiger partial charge on any atom is -0.462 e. The fourth-order valence-electron chi connectivity index (χ4n) is 8.95. The topological polar surface area (TPSA) is 78.9 Å². The van der Waals surface area contributed by atoms with Crippen molar-refractivity contribution in [3.63, 3.8) is 0 Å². The number of esters is 3. The lowest BCUT2D eigenvalue weighted by atomic mass is 10.0. The number of carbonyl (C=O) groups excluding carboxylic acids is 3. The van der Waals surface area contributed by atoms with E-state index in [1.165, 1.54) is 161 Å². The number of unbranched alkanes of at least 4 members (excludes halogenated alkanes) is 32. The molecule has 0 heterocycles. The highest BCUT2D eigenvalue weighted by Gasteiger charge is 2.19. The fourth-order valence-corrected chi connectivity index (χ4v) is 8.95. The second-order valence-electron chi connectivity index (χ2n) is 21.0. The zero-order chi connectivity index (χ0) is 53.6. The highest BCUT2D eigenvalue weighted by Crippen LogP contribution is 2.17. The number of ether oxygens (including phenoxy) is 3. The van der Waals surface area contributed by atoms with Gasteiger partial charge in [-0.3, -0.25) is 14.4 Å². The summed E-state index contributed by atoms with van der Waals surface area (Å²) in [6, 6.07) is 0. The lowest BCUT2D eigenvalue weighted by Gasteiger charge is -2.18. The molecule has 0 saturated carbocycles. The number of hydrogen-bond donors (Lipinski definition) is 0. The van der Waals surface area contributed by atoms with E-state index in [-0.39, 0.29) is 31.1 Å². The van der Waals surface area contributed by atoms with E-state index >= 15 is 0 Å². The van der Waals surface area contributed by atoms with Crippen molar-refractivity contribution in [3.05, 3.63) is 85.1 Å². The zero-order valence-corrected chi connectivity index (χ0v) is 48.8. The second kappa shape index (κ2) is 62.1. The molecule has 0 radical (unpaired) electrons. The third-order valence-corrected chi connectivity index (χ3v) is 13.7. The highest BCUT2D eigenvalue weighted by molar-refractivity contribution is 5.71. The Bertz CT molecular complexity index is 1420. The van der Waals surface area contributed by atoms with Gasteiger partial charge in [-0.15, -0.1) is 0 Å². The normalized spacial score (nSPS) is 12.6. The largest absolute Gasteiger partial charge is 0.462 e. The van der Waals surface area contributed by atoms with Gasteiger partial charge in [0, 0.05) is 19.3 Å². The molecule has 0 N–H and O–H groups in total. The molecule has 426 valence electrons. The molecule has 0 aliphatic heterocycles. The van der Waals surface area contributed by atoms with E-state index in [0.29, 0.717) is 19.3 Å². The Morgan fingerprint density at radius 1 is 0.284 bits per heavy atom. The standard InChI is InChI=1S/C68H118O6/c1-4-7-10-13-16-18-20-22-24-26-28-29-30-31-32-33-34-35-36-37-38-39-40-42-43-45-47-49-52-55-58-61-67(70)73-64-65(63-72-66(69)60-57-54-51-15-12-9-6-3)74-68(71)62-59-56-53-50-48-46-44-41-27-25-23-21-19-17-14-11-8-5-2/h7,10,16,18,22,24,28-29,31-32,34-35,37-38,65H,4-6,8-9,11-15,17,19-21,23,25-27,30,33,36,39-64H2,1-3H3/b10-7-,18-16-,24-22-,29-28-,32-31-,35-34-,38-37-. The molecule has 0 rings (SSSR count). The first-order valence-electron chi connectivity index (χ1n) is 31.6. The summed E-state index contributed by atoms with van der Waals surface area (Å²) in [7, 11) is 0. The monoisotopic (exact) mass is 1030 g/mol. The molecule has 0 spiro atoms. The lowest BCUT2D eigenvalue weighted by molar-refractivity contribution is -0.167. The summed E-state index contributed by atoms with van der Waals surface area (Å²) >= 11 is 0. The predicted molar refractivity (Wildman–Crippen MR) is 321 cm³/mol. The maximum absolute atomic E-state index is 12.8. The minimum atomic E-state index is -0.774. The van der Waals surface area contributed by atoms with Crippen LogP contribution in [0.5, 0.6) is 0 Å². The van der Waals surface area contributed by atoms with Gasteiger partial charge in [0.25, 0.3) is 0 Å². The van der Waals surface area contributed by atoms with E-state index in [9.17, 15) is 14.4 Å². The summed E-state index contributed by atoms with van der Waals surface area (Å²) in [4.78, 5) is 38.0. The molecule has 6 heteroatoms. The molecule has 0 amide bonds. The lowest BCUT2D eigenvalue weighted by Crippen LogP contribution is -2.30.